The van der Waals surface area contributed by atoms with Gasteiger partial charge in [-0.15, -0.1) is 11.3 Å². The summed E-state index contributed by atoms with van der Waals surface area (Å²) in [4.78, 5) is 51.7. The first-order valence-corrected chi connectivity index (χ1v) is 10.7. The van der Waals surface area contributed by atoms with Gasteiger partial charge in [-0.25, -0.2) is 9.59 Å². The van der Waals surface area contributed by atoms with Gasteiger partial charge in [-0.05, 0) is 60.3 Å². The molecule has 4 rings (SSSR count). The number of fused-ring (bicyclic) bond motifs is 1. The number of aromatic nitrogens is 2. The number of hydrogen-bond donors (Lipinski definition) is 2. The minimum atomic E-state index is -0.478. The number of nitrogens with one attached hydrogen (secondary N) is 2. The maximum Gasteiger partial charge on any atom is 0.338 e. The highest BCUT2D eigenvalue weighted by Crippen LogP contribution is 2.14. The van der Waals surface area contributed by atoms with Gasteiger partial charge in [-0.2, -0.15) is 0 Å². The largest absolute Gasteiger partial charge is 0.462 e. The average Bonchev–Trinajstić information content (AvgIpc) is 3.26. The fourth-order valence-corrected chi connectivity index (χ4v) is 3.96. The first-order valence-electron chi connectivity index (χ1n) is 9.84. The zero-order valence-electron chi connectivity index (χ0n) is 17.1. The summed E-state index contributed by atoms with van der Waals surface area (Å²) in [5, 5.41) is 4.52. The van der Waals surface area contributed by atoms with Crippen molar-refractivity contribution in [3.63, 3.8) is 0 Å². The van der Waals surface area contributed by atoms with E-state index in [0.29, 0.717) is 39.2 Å². The lowest BCUT2D eigenvalue weighted by molar-refractivity contribution is 0.0526. The predicted molar refractivity (Wildman–Crippen MR) is 123 cm³/mol. The zero-order chi connectivity index (χ0) is 22.7. The van der Waals surface area contributed by atoms with Crippen LogP contribution in [0.4, 0.5) is 5.69 Å². The van der Waals surface area contributed by atoms with Crippen LogP contribution in [0.1, 0.15) is 33.2 Å². The number of carbonyl (C=O) groups is 2. The Morgan fingerprint density at radius 3 is 2.38 bits per heavy atom. The number of amides is 1. The van der Waals surface area contributed by atoms with E-state index in [2.05, 4.69) is 10.3 Å². The van der Waals surface area contributed by atoms with Crippen molar-refractivity contribution in [2.45, 2.75) is 13.5 Å². The molecule has 0 spiro atoms. The van der Waals surface area contributed by atoms with Crippen LogP contribution in [0.3, 0.4) is 0 Å². The van der Waals surface area contributed by atoms with E-state index in [0.717, 1.165) is 4.57 Å². The smallest absolute Gasteiger partial charge is 0.338 e. The number of H-pyrrole nitrogens is 1. The number of benzene rings is 2. The quantitative estimate of drug-likeness (QED) is 0.439. The molecule has 2 aromatic heterocycles. The van der Waals surface area contributed by atoms with Crippen molar-refractivity contribution in [2.24, 2.45) is 0 Å². The summed E-state index contributed by atoms with van der Waals surface area (Å²) < 4.78 is 6.57. The molecule has 0 fully saturated rings. The molecule has 0 aliphatic carbocycles. The van der Waals surface area contributed by atoms with Crippen molar-refractivity contribution in [3.05, 3.63) is 97.5 Å². The van der Waals surface area contributed by atoms with Crippen LogP contribution in [0.25, 0.3) is 10.2 Å². The second-order valence-corrected chi connectivity index (χ2v) is 7.85. The molecule has 0 unspecified atom stereocenters. The summed E-state index contributed by atoms with van der Waals surface area (Å²) >= 11 is 1.28. The van der Waals surface area contributed by atoms with E-state index in [1.54, 1.807) is 66.9 Å². The molecule has 0 saturated heterocycles. The molecule has 0 aliphatic rings. The Kier molecular flexibility index (Phi) is 6.00. The Bertz CT molecular complexity index is 1400. The van der Waals surface area contributed by atoms with E-state index in [-0.39, 0.29) is 18.0 Å². The van der Waals surface area contributed by atoms with Crippen molar-refractivity contribution in [2.75, 3.05) is 11.9 Å². The van der Waals surface area contributed by atoms with Crippen molar-refractivity contribution in [1.29, 1.82) is 0 Å². The van der Waals surface area contributed by atoms with Crippen molar-refractivity contribution < 1.29 is 14.3 Å². The van der Waals surface area contributed by atoms with Gasteiger partial charge >= 0.3 is 11.7 Å². The second kappa shape index (κ2) is 9.03. The van der Waals surface area contributed by atoms with Gasteiger partial charge in [0, 0.05) is 11.3 Å². The Morgan fingerprint density at radius 1 is 1.00 bits per heavy atom. The molecule has 0 aliphatic heterocycles. The average molecular weight is 449 g/mol. The number of thiophene rings is 1. The number of ether oxygens (including phenoxy) is 1. The molecule has 2 heterocycles. The van der Waals surface area contributed by atoms with E-state index >= 15 is 0 Å². The van der Waals surface area contributed by atoms with Crippen LogP contribution in [-0.2, 0) is 11.3 Å². The molecule has 4 aromatic rings. The van der Waals surface area contributed by atoms with Gasteiger partial charge in [0.2, 0.25) is 0 Å². The van der Waals surface area contributed by atoms with Gasteiger partial charge in [-0.3, -0.25) is 14.2 Å². The van der Waals surface area contributed by atoms with E-state index < -0.39 is 11.7 Å². The molecule has 0 saturated carbocycles. The lowest BCUT2D eigenvalue weighted by Crippen LogP contribution is -2.34. The summed E-state index contributed by atoms with van der Waals surface area (Å²) in [6.07, 6.45) is 0. The molecule has 9 heteroatoms. The van der Waals surface area contributed by atoms with Crippen LogP contribution in [0.15, 0.2) is 69.6 Å². The topological polar surface area (TPSA) is 110 Å². The summed E-state index contributed by atoms with van der Waals surface area (Å²) in [7, 11) is 0. The van der Waals surface area contributed by atoms with E-state index in [1.165, 1.54) is 11.3 Å². The van der Waals surface area contributed by atoms with Crippen LogP contribution in [0.5, 0.6) is 0 Å². The molecule has 1 amide bonds. The van der Waals surface area contributed by atoms with Gasteiger partial charge in [-0.1, -0.05) is 12.1 Å². The second-order valence-electron chi connectivity index (χ2n) is 6.93. The van der Waals surface area contributed by atoms with Gasteiger partial charge in [0.1, 0.15) is 4.70 Å². The number of anilines is 1. The molecular formula is C23H19N3O5S. The molecule has 2 aromatic carbocycles. The number of carbonyl (C=O) groups excluding carboxylic acids is 2. The number of hydrogen-bond acceptors (Lipinski definition) is 6. The van der Waals surface area contributed by atoms with E-state index in [9.17, 15) is 19.2 Å². The minimum Gasteiger partial charge on any atom is -0.462 e. The summed E-state index contributed by atoms with van der Waals surface area (Å²) in [5.74, 6) is -0.743. The summed E-state index contributed by atoms with van der Waals surface area (Å²) in [6.45, 7) is 2.12. The highest BCUT2D eigenvalue weighted by Gasteiger charge is 2.11. The molecule has 0 bridgehead atoms. The van der Waals surface area contributed by atoms with Gasteiger partial charge in [0.05, 0.1) is 24.2 Å². The number of rotatable bonds is 6. The standard InChI is InChI=1S/C23H19N3O5S/c1-2-31-22(29)16-7-9-17(10-8-16)24-20(27)15-5-3-14(4-6-15)13-26-21(28)19-18(11-12-32-19)25-23(26)30/h3-12H,2,13H2,1H3,(H,24,27)(H,25,30). The number of nitrogens with zero attached hydrogens (tertiary/aromatic N) is 1. The molecule has 0 radical (unpaired) electrons. The monoisotopic (exact) mass is 449 g/mol. The fourth-order valence-electron chi connectivity index (χ4n) is 3.17. The molecule has 8 nitrogen and oxygen atoms in total. The maximum atomic E-state index is 12.6. The molecular weight excluding hydrogens is 430 g/mol. The predicted octanol–water partition coefficient (Wildman–Crippen LogP) is 3.23. The van der Waals surface area contributed by atoms with Gasteiger partial charge in [0.15, 0.2) is 0 Å². The van der Waals surface area contributed by atoms with Crippen molar-refractivity contribution >= 4 is 39.1 Å². The van der Waals surface area contributed by atoms with Crippen molar-refractivity contribution in [3.8, 4) is 0 Å². The Morgan fingerprint density at radius 2 is 1.69 bits per heavy atom. The molecule has 0 atom stereocenters. The van der Waals surface area contributed by atoms with Crippen LogP contribution in [0.2, 0.25) is 0 Å². The third kappa shape index (κ3) is 4.37. The molecule has 32 heavy (non-hydrogen) atoms. The maximum absolute atomic E-state index is 12.6. The first-order chi connectivity index (χ1) is 15.5. The lowest BCUT2D eigenvalue weighted by Gasteiger charge is -2.08. The number of esters is 1. The SMILES string of the molecule is CCOC(=O)c1ccc(NC(=O)c2ccc(Cn3c(=O)[nH]c4ccsc4c3=O)cc2)cc1. The third-order valence-electron chi connectivity index (χ3n) is 4.80. The van der Waals surface area contributed by atoms with Crippen molar-refractivity contribution in [1.82, 2.24) is 9.55 Å². The van der Waals surface area contributed by atoms with Crippen LogP contribution in [0, 0.1) is 0 Å². The fraction of sp³-hybridized carbons (Fsp3) is 0.130. The zero-order valence-corrected chi connectivity index (χ0v) is 17.9. The van der Waals surface area contributed by atoms with E-state index in [1.807, 2.05) is 0 Å². The summed E-state index contributed by atoms with van der Waals surface area (Å²) in [6, 6.07) is 14.8. The molecule has 162 valence electrons. The van der Waals surface area contributed by atoms with Gasteiger partial charge in [0.25, 0.3) is 11.5 Å². The Labute approximate surface area is 186 Å². The summed E-state index contributed by atoms with van der Waals surface area (Å²) in [5.41, 5.74) is 1.78. The van der Waals surface area contributed by atoms with E-state index in [4.69, 9.17) is 4.74 Å². The minimum absolute atomic E-state index is 0.0965. The highest BCUT2D eigenvalue weighted by atomic mass is 32.1. The Hall–Kier alpha value is -3.98. The van der Waals surface area contributed by atoms with Crippen LogP contribution >= 0.6 is 11.3 Å². The Balaban J connectivity index is 1.46. The normalized spacial score (nSPS) is 10.8. The van der Waals surface area contributed by atoms with Crippen LogP contribution in [-0.4, -0.2) is 28.0 Å². The molecule has 2 N–H and O–H groups in total. The first kappa shape index (κ1) is 21.3. The third-order valence-corrected chi connectivity index (χ3v) is 5.70. The lowest BCUT2D eigenvalue weighted by atomic mass is 10.1. The van der Waals surface area contributed by atoms with Crippen LogP contribution < -0.4 is 16.6 Å². The number of aromatic amines is 1. The van der Waals surface area contributed by atoms with Gasteiger partial charge < -0.3 is 15.0 Å². The highest BCUT2D eigenvalue weighted by molar-refractivity contribution is 7.17.